The fraction of sp³-hybridized carbons (Fsp3) is 0.500. The Kier molecular flexibility index (Phi) is 13.4. The van der Waals surface area contributed by atoms with E-state index in [0.29, 0.717) is 28.5 Å². The van der Waals surface area contributed by atoms with Crippen molar-refractivity contribution >= 4 is 62.6 Å². The smallest absolute Gasteiger partial charge is 0.270 e. The molecule has 14 nitrogen and oxygen atoms in total. The average Bonchev–Trinajstić information content (AvgIpc) is 3.21. The van der Waals surface area contributed by atoms with E-state index < -0.39 is 4.92 Å². The molecule has 16 heteroatoms. The number of non-ortho nitro benzene ring substituents is 1. The maximum atomic E-state index is 11.1. The van der Waals surface area contributed by atoms with Crippen LogP contribution >= 0.6 is 23.7 Å². The second-order valence-electron chi connectivity index (χ2n) is 7.91. The first kappa shape index (κ1) is 33.0. The normalized spacial score (nSPS) is 14.8. The van der Waals surface area contributed by atoms with Gasteiger partial charge in [0.15, 0.2) is 5.13 Å². The first-order valence-corrected chi connectivity index (χ1v) is 11.6. The number of nitrogens with one attached hydrogen (secondary N) is 1. The summed E-state index contributed by atoms with van der Waals surface area (Å²) in [5, 5.41) is 14.9. The van der Waals surface area contributed by atoms with Crippen molar-refractivity contribution in [1.29, 1.82) is 0 Å². The van der Waals surface area contributed by atoms with Gasteiger partial charge in [-0.15, -0.1) is 12.4 Å². The number of halogens is 1. The first-order valence-electron chi connectivity index (χ1n) is 10.7. The number of nitro groups is 1. The van der Waals surface area contributed by atoms with E-state index in [1.807, 2.05) is 0 Å². The highest BCUT2D eigenvalue weighted by Crippen LogP contribution is 2.31. The lowest BCUT2D eigenvalue weighted by Gasteiger charge is -2.30. The molecule has 0 amide bonds. The van der Waals surface area contributed by atoms with Gasteiger partial charge in [0.25, 0.3) is 5.69 Å². The van der Waals surface area contributed by atoms with Crippen molar-refractivity contribution in [2.45, 2.75) is 38.5 Å². The number of thiazole rings is 1. The summed E-state index contributed by atoms with van der Waals surface area (Å²) in [7, 11) is 0. The molecule has 4 heterocycles. The van der Waals surface area contributed by atoms with E-state index in [-0.39, 0.29) is 48.4 Å². The Bertz CT molecular complexity index is 1090. The van der Waals surface area contributed by atoms with Crippen molar-refractivity contribution in [3.63, 3.8) is 0 Å². The molecule has 0 atom stereocenters. The molecule has 0 aliphatic carbocycles. The van der Waals surface area contributed by atoms with E-state index in [2.05, 4.69) is 30.1 Å². The fourth-order valence-electron chi connectivity index (χ4n) is 4.06. The number of fused-ring (bicyclic) bond motifs is 1. The van der Waals surface area contributed by atoms with Crippen LogP contribution in [0.4, 0.5) is 28.7 Å². The average molecular weight is 553 g/mol. The molecule has 0 bridgehead atoms. The molecule has 5 rings (SSSR count). The van der Waals surface area contributed by atoms with Crippen molar-refractivity contribution in [3.8, 4) is 0 Å². The number of benzene rings is 1. The quantitative estimate of drug-likeness (QED) is 0.175. The maximum Gasteiger partial charge on any atom is 0.270 e. The third-order valence-electron chi connectivity index (χ3n) is 5.69. The van der Waals surface area contributed by atoms with E-state index in [1.54, 1.807) is 12.1 Å². The summed E-state index contributed by atoms with van der Waals surface area (Å²) < 4.78 is 0.748. The largest absolute Gasteiger partial charge is 0.344 e. The Labute approximate surface area is 226 Å². The minimum absolute atomic E-state index is 0. The van der Waals surface area contributed by atoms with E-state index in [9.17, 15) is 10.1 Å². The molecule has 2 fully saturated rings. The summed E-state index contributed by atoms with van der Waals surface area (Å²) in [6.07, 6.45) is 7.05. The molecule has 3 aromatic rings. The number of hydrogen-bond donors (Lipinski definition) is 5. The van der Waals surface area contributed by atoms with Gasteiger partial charge in [-0.3, -0.25) is 15.4 Å². The lowest BCUT2D eigenvalue weighted by Crippen LogP contribution is -2.34. The Balaban J connectivity index is -0.000000454. The summed E-state index contributed by atoms with van der Waals surface area (Å²) in [6.45, 7) is 3.81. The highest BCUT2D eigenvalue weighted by molar-refractivity contribution is 7.22. The lowest BCUT2D eigenvalue weighted by atomic mass is 10.1. The molecule has 2 saturated heterocycles. The second-order valence-corrected chi connectivity index (χ2v) is 8.94. The van der Waals surface area contributed by atoms with Gasteiger partial charge in [-0.05, 0) is 44.6 Å². The highest BCUT2D eigenvalue weighted by Gasteiger charge is 2.21. The zero-order valence-electron chi connectivity index (χ0n) is 20.4. The van der Waals surface area contributed by atoms with Crippen molar-refractivity contribution in [2.24, 2.45) is 0 Å². The summed E-state index contributed by atoms with van der Waals surface area (Å²) in [6, 6.07) is 4.68. The molecule has 210 valence electrons. The predicted molar refractivity (Wildman–Crippen MR) is 157 cm³/mol. The van der Waals surface area contributed by atoms with Crippen molar-refractivity contribution in [1.82, 2.24) is 44.5 Å². The van der Waals surface area contributed by atoms with Crippen LogP contribution < -0.4 is 39.7 Å². The van der Waals surface area contributed by atoms with Crippen molar-refractivity contribution < 1.29 is 10.6 Å². The first-order chi connectivity index (χ1) is 15.2. The number of aromatic nitrogens is 4. The minimum Gasteiger partial charge on any atom is -0.344 e. The SMILES string of the molecule is Cl.N.N.N.N.O=[N+]([O-])c1ccc2nc(Nc3nc(N4CCCCC4)nc(N4CCCCC4)n3)sc2c1.[HH].[HH].[HH].[HH]. The van der Waals surface area contributed by atoms with Crippen LogP contribution in [0.15, 0.2) is 18.2 Å². The third kappa shape index (κ3) is 7.28. The molecule has 2 aliphatic rings. The zero-order chi connectivity index (χ0) is 21.2. The van der Waals surface area contributed by atoms with Crippen molar-refractivity contribution in [2.75, 3.05) is 41.3 Å². The predicted octanol–water partition coefficient (Wildman–Crippen LogP) is 6.17. The van der Waals surface area contributed by atoms with Crippen LogP contribution in [-0.2, 0) is 0 Å². The van der Waals surface area contributed by atoms with E-state index in [4.69, 9.17) is 4.98 Å². The molecule has 13 N–H and O–H groups in total. The van der Waals surface area contributed by atoms with Gasteiger partial charge in [0, 0.05) is 44.0 Å². The molecule has 0 spiro atoms. The van der Waals surface area contributed by atoms with E-state index >= 15 is 0 Å². The maximum absolute atomic E-state index is 11.1. The Hall–Kier alpha value is -2.95. The summed E-state index contributed by atoms with van der Waals surface area (Å²) >= 11 is 1.35. The Morgan fingerprint density at radius 3 is 1.86 bits per heavy atom. The topological polar surface area (TPSA) is 253 Å². The van der Waals surface area contributed by atoms with Crippen LogP contribution in [0.25, 0.3) is 10.2 Å². The lowest BCUT2D eigenvalue weighted by molar-refractivity contribution is -0.384. The van der Waals surface area contributed by atoms with Gasteiger partial charge in [0.2, 0.25) is 17.8 Å². The van der Waals surface area contributed by atoms with Gasteiger partial charge >= 0.3 is 0 Å². The number of nitro benzene ring substituents is 1. The number of nitrogens with zero attached hydrogens (tertiary/aromatic N) is 7. The molecule has 2 aromatic heterocycles. The molecule has 1 aromatic carbocycles. The van der Waals surface area contributed by atoms with Gasteiger partial charge in [-0.1, -0.05) is 11.3 Å². The standard InChI is InChI=1S/C20H24N8O2S.ClH.4H3N.4H2/c29-28(30)14-7-8-15-16(13-14)31-20(21-15)24-17-22-18(26-9-3-1-4-10-26)25-19(23-17)27-11-5-2-6-12-27;;;;;;;;;/h7-8,13H,1-6,9-12H2,(H,21,22,23,24,25);1H;4*1H3;4*1H. The Morgan fingerprint density at radius 2 is 1.36 bits per heavy atom. The van der Waals surface area contributed by atoms with E-state index in [1.165, 1.54) is 30.2 Å². The van der Waals surface area contributed by atoms with Crippen LogP contribution in [0, 0.1) is 10.1 Å². The summed E-state index contributed by atoms with van der Waals surface area (Å²) in [5.41, 5.74) is 0.766. The fourth-order valence-corrected chi connectivity index (χ4v) is 4.95. The Morgan fingerprint density at radius 1 is 0.833 bits per heavy atom. The second kappa shape index (κ2) is 14.6. The highest BCUT2D eigenvalue weighted by atomic mass is 35.5. The van der Waals surface area contributed by atoms with Crippen LogP contribution in [0.2, 0.25) is 0 Å². The number of rotatable bonds is 5. The summed E-state index contributed by atoms with van der Waals surface area (Å²) in [4.78, 5) is 33.8. The summed E-state index contributed by atoms with van der Waals surface area (Å²) in [5.74, 6) is 1.87. The molecule has 0 unspecified atom stereocenters. The molecular formula is C20H45ClN12O2S. The number of piperidine rings is 2. The monoisotopic (exact) mass is 552 g/mol. The third-order valence-corrected chi connectivity index (χ3v) is 6.62. The molecular weight excluding hydrogens is 508 g/mol. The van der Waals surface area contributed by atoms with Gasteiger partial charge in [0.05, 0.1) is 15.1 Å². The minimum atomic E-state index is -0.395. The molecule has 2 aliphatic heterocycles. The zero-order valence-corrected chi connectivity index (χ0v) is 22.0. The van der Waals surface area contributed by atoms with Crippen LogP contribution in [0.1, 0.15) is 44.2 Å². The van der Waals surface area contributed by atoms with Crippen molar-refractivity contribution in [3.05, 3.63) is 28.3 Å². The van der Waals surface area contributed by atoms with E-state index in [0.717, 1.165) is 56.6 Å². The van der Waals surface area contributed by atoms with Crippen LogP contribution in [0.5, 0.6) is 0 Å². The number of hydrogen-bond acceptors (Lipinski definition) is 14. The van der Waals surface area contributed by atoms with Gasteiger partial charge < -0.3 is 34.4 Å². The van der Waals surface area contributed by atoms with Crippen LogP contribution in [-0.4, -0.2) is 51.0 Å². The van der Waals surface area contributed by atoms with Gasteiger partial charge in [-0.25, -0.2) is 4.98 Å². The van der Waals surface area contributed by atoms with Crippen LogP contribution in [0.3, 0.4) is 0 Å². The van der Waals surface area contributed by atoms with Gasteiger partial charge in [0.1, 0.15) is 0 Å². The molecule has 0 radical (unpaired) electrons. The molecule has 0 saturated carbocycles. The molecule has 36 heavy (non-hydrogen) atoms. The number of anilines is 4. The van der Waals surface area contributed by atoms with Gasteiger partial charge in [-0.2, -0.15) is 15.0 Å².